The zero-order valence-corrected chi connectivity index (χ0v) is 14.8. The van der Waals surface area contributed by atoms with E-state index in [0.717, 1.165) is 44.6 Å². The molecule has 2 atom stereocenters. The van der Waals surface area contributed by atoms with E-state index in [1.165, 1.54) is 0 Å². The van der Waals surface area contributed by atoms with Crippen LogP contribution in [0.3, 0.4) is 0 Å². The number of nitrogens with one attached hydrogen (secondary N) is 1. The number of hydrogen-bond donors (Lipinski definition) is 2. The van der Waals surface area contributed by atoms with E-state index in [0.29, 0.717) is 18.1 Å². The molecule has 1 aromatic carbocycles. The average molecular weight is 334 g/mol. The average Bonchev–Trinajstić information content (AvgIpc) is 3.07. The largest absolute Gasteiger partial charge is 0.492 e. The molecule has 1 aliphatic carbocycles. The van der Waals surface area contributed by atoms with Crippen molar-refractivity contribution in [3.8, 4) is 5.75 Å². The van der Waals surface area contributed by atoms with Gasteiger partial charge in [-0.15, -0.1) is 0 Å². The Bertz CT molecular complexity index is 500. The molecule has 0 radical (unpaired) electrons. The highest BCUT2D eigenvalue weighted by molar-refractivity contribution is 5.94. The van der Waals surface area contributed by atoms with Crippen molar-refractivity contribution in [3.05, 3.63) is 29.8 Å². The van der Waals surface area contributed by atoms with E-state index >= 15 is 0 Å². The summed E-state index contributed by atoms with van der Waals surface area (Å²) in [5, 5.41) is 12.2. The fourth-order valence-electron chi connectivity index (χ4n) is 3.18. The van der Waals surface area contributed by atoms with Gasteiger partial charge in [-0.25, -0.2) is 0 Å². The van der Waals surface area contributed by atoms with E-state index in [-0.39, 0.29) is 18.6 Å². The molecule has 1 fully saturated rings. The maximum atomic E-state index is 12.3. The van der Waals surface area contributed by atoms with Gasteiger partial charge in [0.05, 0.1) is 0 Å². The first-order valence-electron chi connectivity index (χ1n) is 9.03. The van der Waals surface area contributed by atoms with Gasteiger partial charge in [-0.3, -0.25) is 4.79 Å². The van der Waals surface area contributed by atoms with Crippen LogP contribution in [0.1, 0.15) is 43.5 Å². The molecule has 0 heterocycles. The highest BCUT2D eigenvalue weighted by Gasteiger charge is 2.25. The first-order valence-corrected chi connectivity index (χ1v) is 9.03. The fraction of sp³-hybridized carbons (Fsp3) is 0.632. The molecular weight excluding hydrogens is 304 g/mol. The fourth-order valence-corrected chi connectivity index (χ4v) is 3.18. The molecule has 1 aromatic rings. The lowest BCUT2D eigenvalue weighted by Gasteiger charge is -2.18. The molecule has 1 amide bonds. The molecule has 0 aliphatic heterocycles. The Balaban J connectivity index is 1.77. The van der Waals surface area contributed by atoms with Gasteiger partial charge < -0.3 is 20.1 Å². The molecule has 0 saturated heterocycles. The van der Waals surface area contributed by atoms with Crippen molar-refractivity contribution < 1.29 is 14.6 Å². The van der Waals surface area contributed by atoms with Crippen molar-refractivity contribution in [3.63, 3.8) is 0 Å². The Hall–Kier alpha value is -1.59. The first kappa shape index (κ1) is 18.7. The summed E-state index contributed by atoms with van der Waals surface area (Å²) in [6, 6.07) is 7.49. The van der Waals surface area contributed by atoms with Crippen molar-refractivity contribution in [2.45, 2.75) is 39.2 Å². The Morgan fingerprint density at radius 3 is 2.54 bits per heavy atom. The molecule has 5 heteroatoms. The molecule has 1 aliphatic rings. The second-order valence-corrected chi connectivity index (χ2v) is 6.43. The number of likely N-dealkylation sites (N-methyl/N-ethyl adjacent to an activating group) is 1. The van der Waals surface area contributed by atoms with Crippen LogP contribution >= 0.6 is 0 Å². The van der Waals surface area contributed by atoms with Gasteiger partial charge in [-0.2, -0.15) is 0 Å². The third-order valence-corrected chi connectivity index (χ3v) is 4.82. The summed E-state index contributed by atoms with van der Waals surface area (Å²) in [5.41, 5.74) is 0.651. The minimum Gasteiger partial charge on any atom is -0.492 e. The molecule has 5 nitrogen and oxygen atoms in total. The number of benzene rings is 1. The number of nitrogens with zero attached hydrogens (tertiary/aromatic N) is 1. The Morgan fingerprint density at radius 2 is 1.96 bits per heavy atom. The van der Waals surface area contributed by atoms with Crippen molar-refractivity contribution in [2.24, 2.45) is 5.92 Å². The summed E-state index contributed by atoms with van der Waals surface area (Å²) in [5.74, 6) is 1.07. The number of aliphatic hydroxyl groups excluding tert-OH is 1. The lowest BCUT2D eigenvalue weighted by molar-refractivity contribution is 0.0936. The van der Waals surface area contributed by atoms with Crippen LogP contribution in [-0.2, 0) is 0 Å². The molecule has 0 unspecified atom stereocenters. The second kappa shape index (κ2) is 9.64. The number of carbonyl (C=O) groups excluding carboxylic acids is 1. The molecule has 0 aromatic heterocycles. The van der Waals surface area contributed by atoms with Gasteiger partial charge in [0.1, 0.15) is 12.4 Å². The third kappa shape index (κ3) is 5.49. The van der Waals surface area contributed by atoms with Crippen LogP contribution in [0.5, 0.6) is 5.75 Å². The predicted octanol–water partition coefficient (Wildman–Crippen LogP) is 2.30. The van der Waals surface area contributed by atoms with Crippen LogP contribution in [0.2, 0.25) is 0 Å². The first-order chi connectivity index (χ1) is 11.7. The molecule has 24 heavy (non-hydrogen) atoms. The minimum absolute atomic E-state index is 0.0479. The quantitative estimate of drug-likeness (QED) is 0.727. The zero-order chi connectivity index (χ0) is 17.4. The molecule has 1 saturated carbocycles. The van der Waals surface area contributed by atoms with Crippen molar-refractivity contribution in [1.82, 2.24) is 10.2 Å². The second-order valence-electron chi connectivity index (χ2n) is 6.43. The van der Waals surface area contributed by atoms with Crippen LogP contribution in [0, 0.1) is 5.92 Å². The topological polar surface area (TPSA) is 61.8 Å². The van der Waals surface area contributed by atoms with Gasteiger partial charge in [0, 0.05) is 24.8 Å². The van der Waals surface area contributed by atoms with E-state index < -0.39 is 0 Å². The van der Waals surface area contributed by atoms with Crippen LogP contribution in [-0.4, -0.2) is 54.8 Å². The maximum Gasteiger partial charge on any atom is 0.251 e. The van der Waals surface area contributed by atoms with Gasteiger partial charge in [-0.05, 0) is 62.5 Å². The number of carbonyl (C=O) groups is 1. The third-order valence-electron chi connectivity index (χ3n) is 4.82. The summed E-state index contributed by atoms with van der Waals surface area (Å²) in [6.45, 7) is 8.11. The molecule has 2 N–H and O–H groups in total. The number of rotatable bonds is 9. The Labute approximate surface area is 145 Å². The standard InChI is InChI=1S/C19H30N2O3/c1-3-21(4-2)11-12-24-18-9-6-16(7-10-18)19(23)20-17-8-5-15(13-17)14-22/h6-7,9-10,15,17,22H,3-5,8,11-14H2,1-2H3,(H,20,23)/t15-,17+/m1/s1. The Morgan fingerprint density at radius 1 is 1.25 bits per heavy atom. The monoisotopic (exact) mass is 334 g/mol. The lowest BCUT2D eigenvalue weighted by atomic mass is 10.1. The summed E-state index contributed by atoms with van der Waals surface area (Å²) in [6.07, 6.45) is 2.80. The summed E-state index contributed by atoms with van der Waals surface area (Å²) in [7, 11) is 0. The maximum absolute atomic E-state index is 12.3. The number of ether oxygens (including phenoxy) is 1. The van der Waals surface area contributed by atoms with Crippen LogP contribution < -0.4 is 10.1 Å². The summed E-state index contributed by atoms with van der Waals surface area (Å²) < 4.78 is 5.74. The molecule has 134 valence electrons. The van der Waals surface area contributed by atoms with E-state index in [9.17, 15) is 9.90 Å². The SMILES string of the molecule is CCN(CC)CCOc1ccc(C(=O)N[C@H]2CC[C@@H](CO)C2)cc1. The van der Waals surface area contributed by atoms with Gasteiger partial charge >= 0.3 is 0 Å². The van der Waals surface area contributed by atoms with Crippen molar-refractivity contribution in [1.29, 1.82) is 0 Å². The van der Waals surface area contributed by atoms with Crippen LogP contribution in [0.15, 0.2) is 24.3 Å². The smallest absolute Gasteiger partial charge is 0.251 e. The highest BCUT2D eigenvalue weighted by atomic mass is 16.5. The van der Waals surface area contributed by atoms with E-state index in [2.05, 4.69) is 24.1 Å². The number of amides is 1. The van der Waals surface area contributed by atoms with Gasteiger partial charge in [-0.1, -0.05) is 13.8 Å². The summed E-state index contributed by atoms with van der Waals surface area (Å²) >= 11 is 0. The lowest BCUT2D eigenvalue weighted by Crippen LogP contribution is -2.33. The van der Waals surface area contributed by atoms with Crippen molar-refractivity contribution >= 4 is 5.91 Å². The molecular formula is C19H30N2O3. The van der Waals surface area contributed by atoms with Crippen molar-refractivity contribution in [2.75, 3.05) is 32.8 Å². The molecule has 2 rings (SSSR count). The normalized spacial score (nSPS) is 20.3. The highest BCUT2D eigenvalue weighted by Crippen LogP contribution is 2.25. The Kier molecular flexibility index (Phi) is 7.53. The predicted molar refractivity (Wildman–Crippen MR) is 95.4 cm³/mol. The van der Waals surface area contributed by atoms with Crippen LogP contribution in [0.25, 0.3) is 0 Å². The van der Waals surface area contributed by atoms with E-state index in [1.54, 1.807) is 12.1 Å². The number of aliphatic hydroxyl groups is 1. The van der Waals surface area contributed by atoms with Crippen LogP contribution in [0.4, 0.5) is 0 Å². The molecule has 0 bridgehead atoms. The minimum atomic E-state index is -0.0479. The van der Waals surface area contributed by atoms with Gasteiger partial charge in [0.25, 0.3) is 5.91 Å². The van der Waals surface area contributed by atoms with Gasteiger partial charge in [0.2, 0.25) is 0 Å². The summed E-state index contributed by atoms with van der Waals surface area (Å²) in [4.78, 5) is 14.6. The van der Waals surface area contributed by atoms with E-state index in [1.807, 2.05) is 12.1 Å². The number of hydrogen-bond acceptors (Lipinski definition) is 4. The van der Waals surface area contributed by atoms with Gasteiger partial charge in [0.15, 0.2) is 0 Å². The zero-order valence-electron chi connectivity index (χ0n) is 14.8. The molecule has 0 spiro atoms. The van der Waals surface area contributed by atoms with E-state index in [4.69, 9.17) is 4.74 Å².